The number of hydrogen-bond donors (Lipinski definition) is 1. The largest absolute Gasteiger partial charge is 0.497 e. The normalized spacial score (nSPS) is 10.8. The van der Waals surface area contributed by atoms with E-state index in [0.29, 0.717) is 18.3 Å². The van der Waals surface area contributed by atoms with Crippen LogP contribution in [0.25, 0.3) is 11.5 Å². The highest BCUT2D eigenvalue weighted by molar-refractivity contribution is 5.54. The molecular weight excluding hydrogens is 282 g/mol. The van der Waals surface area contributed by atoms with Crippen LogP contribution in [0, 0.1) is 0 Å². The Bertz CT molecular complexity index is 691. The second-order valence-corrected chi connectivity index (χ2v) is 4.69. The monoisotopic (exact) mass is 299 g/mol. The van der Waals surface area contributed by atoms with Crippen molar-refractivity contribution in [3.63, 3.8) is 0 Å². The minimum atomic E-state index is 0.506. The number of rotatable bonds is 7. The van der Waals surface area contributed by atoms with Crippen LogP contribution in [0.4, 0.5) is 0 Å². The molecule has 0 saturated heterocycles. The molecule has 0 bridgehead atoms. The van der Waals surface area contributed by atoms with Gasteiger partial charge in [-0.05, 0) is 30.3 Å². The Morgan fingerprint density at radius 3 is 2.86 bits per heavy atom. The molecule has 0 saturated carbocycles. The van der Waals surface area contributed by atoms with Gasteiger partial charge in [-0.15, -0.1) is 0 Å². The van der Waals surface area contributed by atoms with E-state index in [9.17, 15) is 0 Å². The molecular formula is C15H17N5O2. The van der Waals surface area contributed by atoms with Gasteiger partial charge in [0, 0.05) is 24.5 Å². The van der Waals surface area contributed by atoms with Gasteiger partial charge in [0.25, 0.3) is 5.89 Å². The van der Waals surface area contributed by atoms with Gasteiger partial charge in [-0.2, -0.15) is 10.1 Å². The van der Waals surface area contributed by atoms with Gasteiger partial charge in [-0.3, -0.25) is 4.68 Å². The van der Waals surface area contributed by atoms with Crippen molar-refractivity contribution in [2.45, 2.75) is 13.1 Å². The molecule has 0 aliphatic heterocycles. The topological polar surface area (TPSA) is 78.0 Å². The zero-order valence-corrected chi connectivity index (χ0v) is 12.3. The van der Waals surface area contributed by atoms with E-state index in [-0.39, 0.29) is 0 Å². The molecule has 0 aliphatic rings. The Morgan fingerprint density at radius 2 is 2.14 bits per heavy atom. The third kappa shape index (κ3) is 3.50. The standard InChI is InChI=1S/C15H17N5O2/c1-21-13-5-3-12(4-6-13)15-18-14(19-22-15)11-16-8-10-20-9-2-7-17-20/h2-7,9,16H,8,10-11H2,1H3. The lowest BCUT2D eigenvalue weighted by Gasteiger charge is -2.01. The Labute approximate surface area is 127 Å². The number of benzene rings is 1. The van der Waals surface area contributed by atoms with Crippen LogP contribution in [-0.4, -0.2) is 33.6 Å². The van der Waals surface area contributed by atoms with Crippen molar-refractivity contribution < 1.29 is 9.26 Å². The first kappa shape index (κ1) is 14.3. The second-order valence-electron chi connectivity index (χ2n) is 4.69. The molecule has 0 atom stereocenters. The Kier molecular flexibility index (Phi) is 4.45. The summed E-state index contributed by atoms with van der Waals surface area (Å²) >= 11 is 0. The molecule has 0 unspecified atom stereocenters. The minimum Gasteiger partial charge on any atom is -0.497 e. The fourth-order valence-corrected chi connectivity index (χ4v) is 2.00. The summed E-state index contributed by atoms with van der Waals surface area (Å²) in [5.41, 5.74) is 0.871. The number of aromatic nitrogens is 4. The van der Waals surface area contributed by atoms with Crippen LogP contribution < -0.4 is 10.1 Å². The molecule has 114 valence electrons. The van der Waals surface area contributed by atoms with Crippen molar-refractivity contribution in [1.29, 1.82) is 0 Å². The van der Waals surface area contributed by atoms with E-state index in [1.54, 1.807) is 13.3 Å². The Hall–Kier alpha value is -2.67. The first-order valence-electron chi connectivity index (χ1n) is 7.00. The van der Waals surface area contributed by atoms with Crippen molar-refractivity contribution in [1.82, 2.24) is 25.2 Å². The molecule has 0 radical (unpaired) electrons. The number of methoxy groups -OCH3 is 1. The van der Waals surface area contributed by atoms with Crippen LogP contribution in [0.1, 0.15) is 5.82 Å². The van der Waals surface area contributed by atoms with E-state index in [1.807, 2.05) is 41.2 Å². The SMILES string of the molecule is COc1ccc(-c2nc(CNCCn3cccn3)no2)cc1. The minimum absolute atomic E-state index is 0.506. The predicted octanol–water partition coefficient (Wildman–Crippen LogP) is 1.73. The highest BCUT2D eigenvalue weighted by Crippen LogP contribution is 2.20. The molecule has 1 aromatic carbocycles. The van der Waals surface area contributed by atoms with Crippen LogP contribution in [0.3, 0.4) is 0 Å². The third-order valence-corrected chi connectivity index (χ3v) is 3.17. The van der Waals surface area contributed by atoms with E-state index in [2.05, 4.69) is 20.6 Å². The van der Waals surface area contributed by atoms with Gasteiger partial charge < -0.3 is 14.6 Å². The summed E-state index contributed by atoms with van der Waals surface area (Å²) in [6.07, 6.45) is 3.69. The fraction of sp³-hybridized carbons (Fsp3) is 0.267. The lowest BCUT2D eigenvalue weighted by molar-refractivity contribution is 0.413. The van der Waals surface area contributed by atoms with Crippen LogP contribution in [-0.2, 0) is 13.1 Å². The van der Waals surface area contributed by atoms with Crippen molar-refractivity contribution in [3.05, 3.63) is 48.5 Å². The average molecular weight is 299 g/mol. The van der Waals surface area contributed by atoms with E-state index in [1.165, 1.54) is 0 Å². The molecule has 7 nitrogen and oxygen atoms in total. The van der Waals surface area contributed by atoms with Crippen molar-refractivity contribution >= 4 is 0 Å². The van der Waals surface area contributed by atoms with Crippen molar-refractivity contribution in [2.75, 3.05) is 13.7 Å². The third-order valence-electron chi connectivity index (χ3n) is 3.17. The van der Waals surface area contributed by atoms with Gasteiger partial charge >= 0.3 is 0 Å². The zero-order chi connectivity index (χ0) is 15.2. The first-order chi connectivity index (χ1) is 10.8. The molecule has 1 N–H and O–H groups in total. The second kappa shape index (κ2) is 6.86. The van der Waals surface area contributed by atoms with Gasteiger partial charge in [0.1, 0.15) is 5.75 Å². The van der Waals surface area contributed by atoms with Crippen LogP contribution >= 0.6 is 0 Å². The van der Waals surface area contributed by atoms with E-state index in [4.69, 9.17) is 9.26 Å². The highest BCUT2D eigenvalue weighted by atomic mass is 16.5. The van der Waals surface area contributed by atoms with Gasteiger partial charge in [-0.25, -0.2) is 0 Å². The van der Waals surface area contributed by atoms with E-state index in [0.717, 1.165) is 24.4 Å². The molecule has 0 amide bonds. The van der Waals surface area contributed by atoms with Crippen LogP contribution in [0.5, 0.6) is 5.75 Å². The van der Waals surface area contributed by atoms with Gasteiger partial charge in [0.15, 0.2) is 5.82 Å². The summed E-state index contributed by atoms with van der Waals surface area (Å²) < 4.78 is 12.3. The Balaban J connectivity index is 1.52. The van der Waals surface area contributed by atoms with Crippen molar-refractivity contribution in [3.8, 4) is 17.2 Å². The summed E-state index contributed by atoms with van der Waals surface area (Å²) in [5, 5.41) is 11.4. The number of ether oxygens (including phenoxy) is 1. The predicted molar refractivity (Wildman–Crippen MR) is 80.2 cm³/mol. The van der Waals surface area contributed by atoms with Gasteiger partial charge in [0.2, 0.25) is 0 Å². The quantitative estimate of drug-likeness (QED) is 0.669. The zero-order valence-electron chi connectivity index (χ0n) is 12.3. The molecule has 7 heteroatoms. The summed E-state index contributed by atoms with van der Waals surface area (Å²) in [4.78, 5) is 4.37. The maximum Gasteiger partial charge on any atom is 0.257 e. The first-order valence-corrected chi connectivity index (χ1v) is 7.00. The molecule has 0 spiro atoms. The number of nitrogens with one attached hydrogen (secondary N) is 1. The van der Waals surface area contributed by atoms with E-state index >= 15 is 0 Å². The summed E-state index contributed by atoms with van der Waals surface area (Å²) in [7, 11) is 1.63. The van der Waals surface area contributed by atoms with Crippen LogP contribution in [0.15, 0.2) is 47.2 Å². The molecule has 0 aliphatic carbocycles. The lowest BCUT2D eigenvalue weighted by atomic mass is 10.2. The summed E-state index contributed by atoms with van der Waals surface area (Å²) in [6.45, 7) is 2.14. The molecule has 3 rings (SSSR count). The molecule has 2 heterocycles. The van der Waals surface area contributed by atoms with Crippen molar-refractivity contribution in [2.24, 2.45) is 0 Å². The molecule has 2 aromatic heterocycles. The Morgan fingerprint density at radius 1 is 1.27 bits per heavy atom. The average Bonchev–Trinajstić information content (AvgIpc) is 3.23. The maximum atomic E-state index is 5.27. The smallest absolute Gasteiger partial charge is 0.257 e. The fourth-order valence-electron chi connectivity index (χ4n) is 2.00. The van der Waals surface area contributed by atoms with Gasteiger partial charge in [-0.1, -0.05) is 5.16 Å². The number of nitrogens with zero attached hydrogens (tertiary/aromatic N) is 4. The number of hydrogen-bond acceptors (Lipinski definition) is 6. The van der Waals surface area contributed by atoms with E-state index < -0.39 is 0 Å². The van der Waals surface area contributed by atoms with Crippen LogP contribution in [0.2, 0.25) is 0 Å². The summed E-state index contributed by atoms with van der Waals surface area (Å²) in [6, 6.07) is 9.41. The maximum absolute atomic E-state index is 5.27. The molecule has 0 fully saturated rings. The van der Waals surface area contributed by atoms with Gasteiger partial charge in [0.05, 0.1) is 20.2 Å². The summed E-state index contributed by atoms with van der Waals surface area (Å²) in [5.74, 6) is 1.93. The molecule has 22 heavy (non-hydrogen) atoms. The lowest BCUT2D eigenvalue weighted by Crippen LogP contribution is -2.20. The highest BCUT2D eigenvalue weighted by Gasteiger charge is 2.08. The molecule has 3 aromatic rings.